The Bertz CT molecular complexity index is 1540. The lowest BCUT2D eigenvalue weighted by atomic mass is 9.68. The largest absolute Gasteiger partial charge is 0.483 e. The smallest absolute Gasteiger partial charge is 0.305 e. The molecule has 222 valence electrons. The van der Waals surface area contributed by atoms with Crippen LogP contribution in [0.5, 0.6) is 5.75 Å². The molecule has 7 atom stereocenters. The van der Waals surface area contributed by atoms with Crippen LogP contribution in [0.1, 0.15) is 29.2 Å². The minimum absolute atomic E-state index is 0.0445. The molecule has 2 saturated carbocycles. The van der Waals surface area contributed by atoms with Crippen LogP contribution < -0.4 is 9.61 Å². The van der Waals surface area contributed by atoms with Crippen LogP contribution in [0, 0.1) is 29.6 Å². The average molecular weight is 634 g/mol. The van der Waals surface area contributed by atoms with Crippen LogP contribution in [0.2, 0.25) is 5.02 Å². The molecule has 3 amide bonds. The van der Waals surface area contributed by atoms with E-state index in [1.807, 2.05) is 6.07 Å². The number of thiazole rings is 1. The van der Waals surface area contributed by atoms with Crippen LogP contribution in [-0.2, 0) is 23.9 Å². The van der Waals surface area contributed by atoms with Crippen molar-refractivity contribution >= 4 is 58.4 Å². The first-order valence-corrected chi connectivity index (χ1v) is 16.0. The number of rotatable bonds is 7. The number of nitrogens with zero attached hydrogens (tertiary/aromatic N) is 2. The van der Waals surface area contributed by atoms with Crippen LogP contribution in [0.3, 0.4) is 0 Å². The van der Waals surface area contributed by atoms with Crippen molar-refractivity contribution in [1.29, 1.82) is 0 Å². The number of morpholine rings is 1. The number of imide groups is 1. The average Bonchev–Trinajstić information content (AvgIpc) is 3.70. The van der Waals surface area contributed by atoms with Gasteiger partial charge in [0.05, 0.1) is 36.5 Å². The first-order chi connectivity index (χ1) is 20.2. The fraction of sp³-hybridized carbons (Fsp3) is 0.536. The number of hydrogen-bond acceptors (Lipinski definition) is 9. The molecule has 2 bridgehead atoms. The van der Waals surface area contributed by atoms with Gasteiger partial charge in [-0.15, -0.1) is 11.8 Å². The van der Waals surface area contributed by atoms with Crippen LogP contribution in [-0.4, -0.2) is 88.3 Å². The molecule has 1 aromatic carbocycles. The van der Waals surface area contributed by atoms with Crippen molar-refractivity contribution in [2.75, 3.05) is 39.5 Å². The summed E-state index contributed by atoms with van der Waals surface area (Å²) in [7, 11) is 0. The van der Waals surface area contributed by atoms with Crippen molar-refractivity contribution in [2.45, 2.75) is 29.0 Å². The van der Waals surface area contributed by atoms with Gasteiger partial charge in [0.1, 0.15) is 5.75 Å². The van der Waals surface area contributed by atoms with Crippen molar-refractivity contribution in [1.82, 2.24) is 14.8 Å². The number of likely N-dealkylation sites (tertiary alicyclic amines) is 1. The van der Waals surface area contributed by atoms with Gasteiger partial charge in [-0.2, -0.15) is 0 Å². The van der Waals surface area contributed by atoms with Gasteiger partial charge in [0.15, 0.2) is 6.61 Å². The fourth-order valence-corrected chi connectivity index (χ4v) is 10.9. The lowest BCUT2D eigenvalue weighted by molar-refractivity contribution is -0.143. The number of halogens is 1. The number of benzene rings is 1. The molecule has 3 aliphatic heterocycles. The van der Waals surface area contributed by atoms with E-state index in [-0.39, 0.29) is 71.1 Å². The molecule has 4 fully saturated rings. The molecule has 2 saturated heterocycles. The van der Waals surface area contributed by atoms with Gasteiger partial charge in [0.2, 0.25) is 11.8 Å². The summed E-state index contributed by atoms with van der Waals surface area (Å²) >= 11 is 9.20. The Hall–Kier alpha value is -2.87. The zero-order chi connectivity index (χ0) is 29.3. The number of H-pyrrole nitrogens is 1. The summed E-state index contributed by atoms with van der Waals surface area (Å²) in [5.41, 5.74) is 0.743. The van der Waals surface area contributed by atoms with Crippen LogP contribution in [0.4, 0.5) is 0 Å². The van der Waals surface area contributed by atoms with Gasteiger partial charge in [0.25, 0.3) is 5.91 Å². The third kappa shape index (κ3) is 4.47. The number of hydrogen-bond donors (Lipinski definition) is 2. The van der Waals surface area contributed by atoms with E-state index in [2.05, 4.69) is 4.98 Å². The molecule has 0 spiro atoms. The van der Waals surface area contributed by atoms with E-state index in [4.69, 9.17) is 26.2 Å². The third-order valence-electron chi connectivity index (χ3n) is 9.39. The van der Waals surface area contributed by atoms with E-state index in [9.17, 15) is 24.0 Å². The maximum atomic E-state index is 13.6. The molecule has 14 heteroatoms. The van der Waals surface area contributed by atoms with Gasteiger partial charge < -0.3 is 24.5 Å². The molecule has 2 N–H and O–H groups in total. The molecule has 2 aliphatic carbocycles. The number of aliphatic carboxylic acids is 1. The summed E-state index contributed by atoms with van der Waals surface area (Å²) in [6, 6.07) is 5.25. The van der Waals surface area contributed by atoms with Crippen molar-refractivity contribution < 1.29 is 33.8 Å². The van der Waals surface area contributed by atoms with Crippen LogP contribution in [0.25, 0.3) is 0 Å². The molecule has 1 aromatic heterocycles. The summed E-state index contributed by atoms with van der Waals surface area (Å²) in [5, 5.41) is 10.3. The monoisotopic (exact) mass is 633 g/mol. The van der Waals surface area contributed by atoms with Crippen molar-refractivity contribution in [2.24, 2.45) is 29.6 Å². The molecule has 7 rings (SSSR count). The number of carboxylic acids is 1. The Morgan fingerprint density at radius 1 is 1.12 bits per heavy atom. The summed E-state index contributed by atoms with van der Waals surface area (Å²) in [5.74, 6) is -2.98. The summed E-state index contributed by atoms with van der Waals surface area (Å²) in [4.78, 5) is 70.2. The Kier molecular flexibility index (Phi) is 7.11. The van der Waals surface area contributed by atoms with Gasteiger partial charge in [-0.1, -0.05) is 22.9 Å². The number of carbonyl (C=O) groups excluding carboxylic acids is 3. The highest BCUT2D eigenvalue weighted by atomic mass is 35.5. The molecule has 0 radical (unpaired) electrons. The van der Waals surface area contributed by atoms with Crippen molar-refractivity contribution in [3.8, 4) is 5.75 Å². The van der Waals surface area contributed by atoms with E-state index >= 15 is 0 Å². The SMILES string of the molecule is O=C(O)CCN1C(=O)C2C3CC(C2C1=O)C1C3Sc2[nH]c(=O)sc2[C@@H]1c1cc(Cl)ccc1OCC(=O)N1CCOCC1. The number of carbonyl (C=O) groups is 4. The molecule has 4 heterocycles. The second-order valence-electron chi connectivity index (χ2n) is 11.4. The number of fused-ring (bicyclic) bond motifs is 9. The van der Waals surface area contributed by atoms with Gasteiger partial charge in [-0.05, 0) is 42.4 Å². The Morgan fingerprint density at radius 3 is 2.60 bits per heavy atom. The van der Waals surface area contributed by atoms with Crippen molar-refractivity contribution in [3.63, 3.8) is 0 Å². The Balaban J connectivity index is 1.24. The second-order valence-corrected chi connectivity index (χ2v) is 14.0. The highest BCUT2D eigenvalue weighted by Crippen LogP contribution is 2.69. The minimum atomic E-state index is -1.06. The number of aromatic nitrogens is 1. The molecule has 5 aliphatic rings. The second kappa shape index (κ2) is 10.7. The first kappa shape index (κ1) is 27.9. The molecule has 2 aromatic rings. The highest BCUT2D eigenvalue weighted by Gasteiger charge is 2.69. The van der Waals surface area contributed by atoms with E-state index in [1.165, 1.54) is 0 Å². The van der Waals surface area contributed by atoms with E-state index in [0.29, 0.717) is 43.5 Å². The lowest BCUT2D eigenvalue weighted by Gasteiger charge is -2.43. The molecular formula is C28H28ClN3O8S2. The van der Waals surface area contributed by atoms with E-state index in [1.54, 1.807) is 28.8 Å². The van der Waals surface area contributed by atoms with Gasteiger partial charge >= 0.3 is 10.8 Å². The van der Waals surface area contributed by atoms with Gasteiger partial charge in [-0.25, -0.2) is 0 Å². The lowest BCUT2D eigenvalue weighted by Crippen LogP contribution is -2.43. The van der Waals surface area contributed by atoms with Gasteiger partial charge in [-0.3, -0.25) is 28.9 Å². The first-order valence-electron chi connectivity index (χ1n) is 14.0. The summed E-state index contributed by atoms with van der Waals surface area (Å²) in [6.07, 6.45) is 0.408. The fourth-order valence-electron chi connectivity index (χ4n) is 7.79. The standard InChI is InChI=1S/C28H28ClN3O8S2/c29-12-1-2-16(40-11-17(33)31-5-7-39-8-6-31)13(9-12)19-20-14-10-15(23(20)41-25-24(19)42-28(38)30-25)22-21(14)26(36)32(27(22)37)4-3-18(34)35/h1-2,9,14-15,19-23H,3-8,10-11H2,(H,30,38)(H,34,35)/t14?,15?,19-,20?,21?,22?,23?/m1/s1. The number of nitrogens with one attached hydrogen (secondary N) is 1. The Labute approximate surface area is 253 Å². The maximum absolute atomic E-state index is 13.6. The predicted octanol–water partition coefficient (Wildman–Crippen LogP) is 2.28. The van der Waals surface area contributed by atoms with E-state index < -0.39 is 17.8 Å². The number of amides is 3. The number of aromatic amines is 1. The molecule has 42 heavy (non-hydrogen) atoms. The zero-order valence-corrected chi connectivity index (χ0v) is 24.7. The van der Waals surface area contributed by atoms with Gasteiger partial charge in [0, 0.05) is 46.3 Å². The van der Waals surface area contributed by atoms with Crippen LogP contribution >= 0.6 is 34.7 Å². The number of ether oxygens (including phenoxy) is 2. The highest BCUT2D eigenvalue weighted by molar-refractivity contribution is 8.00. The van der Waals surface area contributed by atoms with Crippen LogP contribution in [0.15, 0.2) is 28.0 Å². The maximum Gasteiger partial charge on any atom is 0.305 e. The third-order valence-corrected chi connectivity index (χ3v) is 12.2. The summed E-state index contributed by atoms with van der Waals surface area (Å²) in [6.45, 7) is 1.67. The topological polar surface area (TPSA) is 146 Å². The van der Waals surface area contributed by atoms with Crippen molar-refractivity contribution in [3.05, 3.63) is 43.3 Å². The quantitative estimate of drug-likeness (QED) is 0.439. The normalized spacial score (nSPS) is 31.2. The van der Waals surface area contributed by atoms with E-state index in [0.717, 1.165) is 31.7 Å². The minimum Gasteiger partial charge on any atom is -0.483 e. The zero-order valence-electron chi connectivity index (χ0n) is 22.3. The molecule has 6 unspecified atom stereocenters. The molecular weight excluding hydrogens is 606 g/mol. The summed E-state index contributed by atoms with van der Waals surface area (Å²) < 4.78 is 11.5. The number of carboxylic acid groups (broad SMARTS) is 1. The Morgan fingerprint density at radius 2 is 1.86 bits per heavy atom. The predicted molar refractivity (Wildman–Crippen MR) is 152 cm³/mol. The number of thioether (sulfide) groups is 1. The molecule has 11 nitrogen and oxygen atoms in total.